The van der Waals surface area contributed by atoms with Gasteiger partial charge in [-0.25, -0.2) is 8.42 Å². The largest absolute Gasteiger partial charge is 0.370 e. The first-order valence-corrected chi connectivity index (χ1v) is 9.09. The molecule has 0 aromatic heterocycles. The van der Waals surface area contributed by atoms with Crippen LogP contribution in [0.5, 0.6) is 0 Å². The first-order valence-electron chi connectivity index (χ1n) is 7.20. The van der Waals surface area contributed by atoms with E-state index in [1.165, 1.54) is 6.07 Å². The van der Waals surface area contributed by atoms with Gasteiger partial charge in [-0.05, 0) is 30.0 Å². The van der Waals surface area contributed by atoms with Crippen LogP contribution >= 0.6 is 0 Å². The molecule has 0 aliphatic rings. The summed E-state index contributed by atoms with van der Waals surface area (Å²) in [5, 5.41) is 0. The van der Waals surface area contributed by atoms with Gasteiger partial charge in [0.15, 0.2) is 15.8 Å². The third kappa shape index (κ3) is 4.56. The van der Waals surface area contributed by atoms with Crippen LogP contribution < -0.4 is 11.5 Å². The molecule has 6 nitrogen and oxygen atoms in total. The molecule has 0 aliphatic heterocycles. The van der Waals surface area contributed by atoms with E-state index in [2.05, 4.69) is 4.99 Å². The SMILES string of the molecule is CCCc1cc(CCC)c(S(C)(=O)=O)cc1C(=O)N=C(N)N. The highest BCUT2D eigenvalue weighted by molar-refractivity contribution is 7.90. The maximum Gasteiger partial charge on any atom is 0.280 e. The number of benzene rings is 1. The smallest absolute Gasteiger partial charge is 0.280 e. The van der Waals surface area contributed by atoms with Crippen molar-refractivity contribution < 1.29 is 13.2 Å². The number of nitrogens with zero attached hydrogens (tertiary/aromatic N) is 1. The molecule has 0 atom stereocenters. The van der Waals surface area contributed by atoms with Crippen molar-refractivity contribution in [3.05, 3.63) is 28.8 Å². The van der Waals surface area contributed by atoms with Crippen LogP contribution in [0.4, 0.5) is 0 Å². The third-order valence-corrected chi connectivity index (χ3v) is 4.36. The minimum Gasteiger partial charge on any atom is -0.370 e. The molecule has 0 heterocycles. The molecule has 22 heavy (non-hydrogen) atoms. The summed E-state index contributed by atoms with van der Waals surface area (Å²) in [6, 6.07) is 3.19. The molecular formula is C15H23N3O3S. The van der Waals surface area contributed by atoms with Crippen molar-refractivity contribution in [1.29, 1.82) is 0 Å². The van der Waals surface area contributed by atoms with Gasteiger partial charge in [-0.3, -0.25) is 4.79 Å². The highest BCUT2D eigenvalue weighted by Gasteiger charge is 2.20. The molecule has 0 unspecified atom stereocenters. The van der Waals surface area contributed by atoms with Crippen molar-refractivity contribution in [1.82, 2.24) is 0 Å². The molecule has 0 radical (unpaired) electrons. The first-order chi connectivity index (χ1) is 10.2. The fourth-order valence-electron chi connectivity index (χ4n) is 2.34. The number of aryl methyl sites for hydroxylation is 2. The molecule has 0 fully saturated rings. The normalized spacial score (nSPS) is 11.2. The summed E-state index contributed by atoms with van der Waals surface area (Å²) in [7, 11) is -3.44. The van der Waals surface area contributed by atoms with Gasteiger partial charge in [0.1, 0.15) is 0 Å². The molecule has 1 aromatic carbocycles. The summed E-state index contributed by atoms with van der Waals surface area (Å²) in [6.45, 7) is 3.96. The van der Waals surface area contributed by atoms with E-state index in [0.717, 1.165) is 30.2 Å². The lowest BCUT2D eigenvalue weighted by Crippen LogP contribution is -2.24. The molecule has 1 rings (SSSR count). The lowest BCUT2D eigenvalue weighted by Gasteiger charge is -2.13. The van der Waals surface area contributed by atoms with Gasteiger partial charge in [0.25, 0.3) is 5.91 Å². The second kappa shape index (κ2) is 7.40. The lowest BCUT2D eigenvalue weighted by molar-refractivity contribution is 0.100. The summed E-state index contributed by atoms with van der Waals surface area (Å²) in [4.78, 5) is 15.9. The molecule has 0 bridgehead atoms. The Balaban J connectivity index is 3.60. The van der Waals surface area contributed by atoms with E-state index in [-0.39, 0.29) is 16.4 Å². The standard InChI is InChI=1S/C15H23N3O3S/c1-4-6-10-8-11(7-5-2)13(22(3,20)21)9-12(10)14(19)18-15(16)17/h8-9H,4-7H2,1-3H3,(H4,16,17,18,19). The molecule has 0 aliphatic carbocycles. The van der Waals surface area contributed by atoms with E-state index >= 15 is 0 Å². The second-order valence-electron chi connectivity index (χ2n) is 5.23. The molecule has 0 saturated carbocycles. The minimum absolute atomic E-state index is 0.170. The van der Waals surface area contributed by atoms with Crippen LogP contribution in [0, 0.1) is 0 Å². The monoisotopic (exact) mass is 325 g/mol. The fourth-order valence-corrected chi connectivity index (χ4v) is 3.31. The van der Waals surface area contributed by atoms with Crippen LogP contribution in [0.3, 0.4) is 0 Å². The summed E-state index contributed by atoms with van der Waals surface area (Å²) >= 11 is 0. The van der Waals surface area contributed by atoms with Crippen molar-refractivity contribution in [3.63, 3.8) is 0 Å². The Bertz CT molecular complexity index is 690. The number of sulfone groups is 1. The third-order valence-electron chi connectivity index (χ3n) is 3.19. The second-order valence-corrected chi connectivity index (χ2v) is 7.22. The molecule has 7 heteroatoms. The molecule has 0 saturated heterocycles. The van der Waals surface area contributed by atoms with E-state index < -0.39 is 15.7 Å². The number of hydrogen-bond acceptors (Lipinski definition) is 3. The van der Waals surface area contributed by atoms with Gasteiger partial charge in [-0.1, -0.05) is 32.8 Å². The average molecular weight is 325 g/mol. The summed E-state index contributed by atoms with van der Waals surface area (Å²) in [6.07, 6.45) is 4.06. The predicted octanol–water partition coefficient (Wildman–Crippen LogP) is 1.41. The number of rotatable bonds is 6. The maximum atomic E-state index is 12.2. The number of guanidine groups is 1. The van der Waals surface area contributed by atoms with E-state index in [9.17, 15) is 13.2 Å². The minimum atomic E-state index is -3.44. The highest BCUT2D eigenvalue weighted by Crippen LogP contribution is 2.24. The van der Waals surface area contributed by atoms with Crippen LogP contribution in [0.2, 0.25) is 0 Å². The first kappa shape index (κ1) is 18.2. The van der Waals surface area contributed by atoms with Gasteiger partial charge in [0.05, 0.1) is 4.90 Å². The van der Waals surface area contributed by atoms with Gasteiger partial charge in [-0.15, -0.1) is 0 Å². The number of amides is 1. The Hall–Kier alpha value is -1.89. The van der Waals surface area contributed by atoms with Crippen LogP contribution in [0.15, 0.2) is 22.0 Å². The fraction of sp³-hybridized carbons (Fsp3) is 0.467. The quantitative estimate of drug-likeness (QED) is 0.606. The van der Waals surface area contributed by atoms with E-state index in [1.54, 1.807) is 6.07 Å². The van der Waals surface area contributed by atoms with Gasteiger partial charge in [0, 0.05) is 11.8 Å². The van der Waals surface area contributed by atoms with Crippen LogP contribution in [-0.2, 0) is 22.7 Å². The van der Waals surface area contributed by atoms with Crippen molar-refractivity contribution in [2.75, 3.05) is 6.26 Å². The van der Waals surface area contributed by atoms with E-state index in [1.807, 2.05) is 13.8 Å². The Kier molecular flexibility index (Phi) is 6.11. The summed E-state index contributed by atoms with van der Waals surface area (Å²) in [5.41, 5.74) is 12.2. The maximum absolute atomic E-state index is 12.2. The van der Waals surface area contributed by atoms with Crippen LogP contribution in [0.25, 0.3) is 0 Å². The topological polar surface area (TPSA) is 116 Å². The number of carbonyl (C=O) groups is 1. The van der Waals surface area contributed by atoms with Crippen molar-refractivity contribution in [2.24, 2.45) is 16.5 Å². The zero-order valence-corrected chi connectivity index (χ0v) is 14.0. The molecular weight excluding hydrogens is 302 g/mol. The van der Waals surface area contributed by atoms with Gasteiger partial charge in [0.2, 0.25) is 0 Å². The van der Waals surface area contributed by atoms with Gasteiger partial charge < -0.3 is 11.5 Å². The number of hydrogen-bond donors (Lipinski definition) is 2. The molecule has 1 amide bonds. The Morgan fingerprint density at radius 3 is 2.09 bits per heavy atom. The van der Waals surface area contributed by atoms with E-state index in [4.69, 9.17) is 11.5 Å². The van der Waals surface area contributed by atoms with Crippen molar-refractivity contribution in [3.8, 4) is 0 Å². The molecule has 1 aromatic rings. The Labute approximate surface area is 131 Å². The molecule has 4 N–H and O–H groups in total. The summed E-state index contributed by atoms with van der Waals surface area (Å²) in [5.74, 6) is -0.956. The van der Waals surface area contributed by atoms with Crippen LogP contribution in [0.1, 0.15) is 48.2 Å². The molecule has 0 spiro atoms. The number of carbonyl (C=O) groups excluding carboxylic acids is 1. The average Bonchev–Trinajstić information content (AvgIpc) is 2.37. The highest BCUT2D eigenvalue weighted by atomic mass is 32.2. The van der Waals surface area contributed by atoms with E-state index in [0.29, 0.717) is 12.8 Å². The zero-order chi connectivity index (χ0) is 16.9. The van der Waals surface area contributed by atoms with Crippen molar-refractivity contribution >= 4 is 21.7 Å². The summed E-state index contributed by atoms with van der Waals surface area (Å²) < 4.78 is 24.0. The Morgan fingerprint density at radius 1 is 1.09 bits per heavy atom. The number of aliphatic imine (C=N–C) groups is 1. The van der Waals surface area contributed by atoms with Crippen molar-refractivity contribution in [2.45, 2.75) is 44.4 Å². The lowest BCUT2D eigenvalue weighted by atomic mass is 9.97. The van der Waals surface area contributed by atoms with Crippen LogP contribution in [-0.4, -0.2) is 26.5 Å². The molecule has 122 valence electrons. The zero-order valence-electron chi connectivity index (χ0n) is 13.2. The van der Waals surface area contributed by atoms with Gasteiger partial charge in [-0.2, -0.15) is 4.99 Å². The number of nitrogens with two attached hydrogens (primary N) is 2. The predicted molar refractivity (Wildman–Crippen MR) is 87.7 cm³/mol. The van der Waals surface area contributed by atoms with Gasteiger partial charge >= 0.3 is 0 Å². The Morgan fingerprint density at radius 2 is 1.64 bits per heavy atom.